The number of nitrogens with two attached hydrogens (primary N) is 1. The van der Waals surface area contributed by atoms with Crippen molar-refractivity contribution in [3.05, 3.63) is 11.4 Å². The Bertz CT molecular complexity index is 420. The molecule has 2 atom stereocenters. The predicted molar refractivity (Wildman–Crippen MR) is 77.8 cm³/mol. The van der Waals surface area contributed by atoms with E-state index < -0.39 is 0 Å². The van der Waals surface area contributed by atoms with E-state index in [1.807, 2.05) is 18.7 Å². The first-order valence-electron chi connectivity index (χ1n) is 6.89. The van der Waals surface area contributed by atoms with E-state index in [9.17, 15) is 0 Å². The lowest BCUT2D eigenvalue weighted by molar-refractivity contribution is 0.394. The zero-order chi connectivity index (χ0) is 13.1. The van der Waals surface area contributed by atoms with Gasteiger partial charge in [0.25, 0.3) is 0 Å². The van der Waals surface area contributed by atoms with Crippen molar-refractivity contribution in [3.8, 4) is 0 Å². The van der Waals surface area contributed by atoms with Crippen molar-refractivity contribution >= 4 is 17.6 Å². The van der Waals surface area contributed by atoms with Gasteiger partial charge in [-0.05, 0) is 25.7 Å². The summed E-state index contributed by atoms with van der Waals surface area (Å²) in [5, 5.41) is 1.80. The number of hydrogen-bond acceptors (Lipinski definition) is 4. The average Bonchev–Trinajstić information content (AvgIpc) is 2.34. The van der Waals surface area contributed by atoms with Crippen LogP contribution in [0.4, 0.5) is 5.82 Å². The molecule has 0 saturated heterocycles. The Kier molecular flexibility index (Phi) is 4.49. The van der Waals surface area contributed by atoms with Crippen molar-refractivity contribution in [2.45, 2.75) is 63.2 Å². The molecule has 2 N–H and O–H groups in total. The van der Waals surface area contributed by atoms with Crippen LogP contribution < -0.4 is 5.73 Å². The highest BCUT2D eigenvalue weighted by Gasteiger charge is 2.21. The Morgan fingerprint density at radius 1 is 1.33 bits per heavy atom. The predicted octanol–water partition coefficient (Wildman–Crippen LogP) is 3.60. The Labute approximate surface area is 114 Å². The first kappa shape index (κ1) is 13.7. The summed E-state index contributed by atoms with van der Waals surface area (Å²) in [4.78, 5) is 8.96. The van der Waals surface area contributed by atoms with Crippen molar-refractivity contribution in [2.24, 2.45) is 5.92 Å². The van der Waals surface area contributed by atoms with E-state index in [0.717, 1.165) is 28.8 Å². The Hall–Kier alpha value is -0.770. The molecule has 100 valence electrons. The Balaban J connectivity index is 2.14. The molecule has 1 aliphatic carbocycles. The third-order valence-electron chi connectivity index (χ3n) is 3.67. The monoisotopic (exact) mass is 265 g/mol. The van der Waals surface area contributed by atoms with Crippen molar-refractivity contribution in [1.82, 2.24) is 9.97 Å². The number of aryl methyl sites for hydroxylation is 1. The van der Waals surface area contributed by atoms with E-state index in [0.29, 0.717) is 11.1 Å². The number of anilines is 1. The van der Waals surface area contributed by atoms with Gasteiger partial charge in [-0.2, -0.15) is 0 Å². The molecule has 0 bridgehead atoms. The topological polar surface area (TPSA) is 51.8 Å². The summed E-state index contributed by atoms with van der Waals surface area (Å²) in [5.74, 6) is 2.36. The average molecular weight is 265 g/mol. The van der Waals surface area contributed by atoms with Crippen LogP contribution in [0.1, 0.15) is 50.9 Å². The highest BCUT2D eigenvalue weighted by molar-refractivity contribution is 7.99. The van der Waals surface area contributed by atoms with Crippen molar-refractivity contribution in [3.63, 3.8) is 0 Å². The molecule has 2 rings (SSSR count). The third-order valence-corrected chi connectivity index (χ3v) is 5.05. The molecule has 18 heavy (non-hydrogen) atoms. The maximum Gasteiger partial charge on any atom is 0.131 e. The number of hydrogen-bond donors (Lipinski definition) is 1. The van der Waals surface area contributed by atoms with Gasteiger partial charge in [-0.25, -0.2) is 9.97 Å². The summed E-state index contributed by atoms with van der Waals surface area (Å²) in [6.07, 6.45) is 6.18. The minimum absolute atomic E-state index is 0.646. The second-order valence-corrected chi connectivity index (χ2v) is 6.61. The van der Waals surface area contributed by atoms with Gasteiger partial charge in [0.05, 0.1) is 0 Å². The van der Waals surface area contributed by atoms with E-state index in [-0.39, 0.29) is 0 Å². The Morgan fingerprint density at radius 3 is 2.78 bits per heavy atom. The van der Waals surface area contributed by atoms with Gasteiger partial charge in [0.2, 0.25) is 0 Å². The largest absolute Gasteiger partial charge is 0.383 e. The number of rotatable bonds is 3. The minimum atomic E-state index is 0.646. The van der Waals surface area contributed by atoms with Gasteiger partial charge >= 0.3 is 0 Å². The van der Waals surface area contributed by atoms with Gasteiger partial charge in [0, 0.05) is 17.2 Å². The lowest BCUT2D eigenvalue weighted by Gasteiger charge is -2.26. The first-order valence-corrected chi connectivity index (χ1v) is 7.77. The fourth-order valence-electron chi connectivity index (χ4n) is 2.47. The smallest absolute Gasteiger partial charge is 0.131 e. The second kappa shape index (κ2) is 5.91. The summed E-state index contributed by atoms with van der Waals surface area (Å²) >= 11 is 1.91. The van der Waals surface area contributed by atoms with Gasteiger partial charge in [0.15, 0.2) is 0 Å². The van der Waals surface area contributed by atoms with E-state index in [1.54, 1.807) is 0 Å². The maximum atomic E-state index is 5.96. The summed E-state index contributed by atoms with van der Waals surface area (Å²) in [5.41, 5.74) is 7.02. The molecule has 0 aliphatic heterocycles. The Morgan fingerprint density at radius 2 is 2.11 bits per heavy atom. The molecular formula is C14H23N3S. The molecule has 1 fully saturated rings. The molecule has 2 unspecified atom stereocenters. The molecule has 3 nitrogen and oxygen atoms in total. The molecular weight excluding hydrogens is 242 g/mol. The lowest BCUT2D eigenvalue weighted by atomic mass is 9.91. The van der Waals surface area contributed by atoms with Gasteiger partial charge < -0.3 is 5.73 Å². The summed E-state index contributed by atoms with van der Waals surface area (Å²) in [7, 11) is 0. The highest BCUT2D eigenvalue weighted by atomic mass is 32.2. The maximum absolute atomic E-state index is 5.96. The van der Waals surface area contributed by atoms with Crippen molar-refractivity contribution in [1.29, 1.82) is 0 Å². The van der Waals surface area contributed by atoms with Gasteiger partial charge in [0.1, 0.15) is 16.7 Å². The van der Waals surface area contributed by atoms with Crippen LogP contribution in [-0.4, -0.2) is 15.2 Å². The van der Waals surface area contributed by atoms with Crippen LogP contribution in [0.15, 0.2) is 5.03 Å². The molecule has 0 spiro atoms. The zero-order valence-corrected chi connectivity index (χ0v) is 12.4. The van der Waals surface area contributed by atoms with Gasteiger partial charge in [-0.15, -0.1) is 11.8 Å². The summed E-state index contributed by atoms with van der Waals surface area (Å²) in [6.45, 7) is 6.45. The minimum Gasteiger partial charge on any atom is -0.383 e. The highest BCUT2D eigenvalue weighted by Crippen LogP contribution is 2.37. The molecule has 0 radical (unpaired) electrons. The van der Waals surface area contributed by atoms with Crippen LogP contribution in [0.2, 0.25) is 0 Å². The van der Waals surface area contributed by atoms with Gasteiger partial charge in [-0.1, -0.05) is 26.7 Å². The number of nitrogen functional groups attached to an aromatic ring is 1. The van der Waals surface area contributed by atoms with Crippen molar-refractivity contribution in [2.75, 3.05) is 5.73 Å². The van der Waals surface area contributed by atoms with E-state index >= 15 is 0 Å². The summed E-state index contributed by atoms with van der Waals surface area (Å²) < 4.78 is 0. The molecule has 1 aliphatic rings. The van der Waals surface area contributed by atoms with Crippen LogP contribution in [0.3, 0.4) is 0 Å². The van der Waals surface area contributed by atoms with E-state index in [1.165, 1.54) is 25.7 Å². The number of thioether (sulfide) groups is 1. The first-order chi connectivity index (χ1) is 8.60. The fraction of sp³-hybridized carbons (Fsp3) is 0.714. The van der Waals surface area contributed by atoms with E-state index in [2.05, 4.69) is 23.8 Å². The normalized spacial score (nSPS) is 24.2. The van der Waals surface area contributed by atoms with Crippen LogP contribution in [-0.2, 0) is 6.42 Å². The summed E-state index contributed by atoms with van der Waals surface area (Å²) in [6, 6.07) is 0. The third kappa shape index (κ3) is 3.16. The van der Waals surface area contributed by atoms with Crippen molar-refractivity contribution < 1.29 is 0 Å². The fourth-order valence-corrected chi connectivity index (χ4v) is 3.94. The van der Waals surface area contributed by atoms with Crippen LogP contribution >= 0.6 is 11.8 Å². The zero-order valence-electron chi connectivity index (χ0n) is 11.6. The number of aromatic nitrogens is 2. The van der Waals surface area contributed by atoms with E-state index in [4.69, 9.17) is 5.73 Å². The second-order valence-electron chi connectivity index (χ2n) is 5.32. The molecule has 1 aromatic rings. The molecule has 0 amide bonds. The lowest BCUT2D eigenvalue weighted by Crippen LogP contribution is -2.16. The molecule has 1 heterocycles. The van der Waals surface area contributed by atoms with Crippen LogP contribution in [0.25, 0.3) is 0 Å². The quantitative estimate of drug-likeness (QED) is 0.848. The molecule has 4 heteroatoms. The molecule has 1 aromatic heterocycles. The molecule has 1 saturated carbocycles. The van der Waals surface area contributed by atoms with Gasteiger partial charge in [-0.3, -0.25) is 0 Å². The van der Waals surface area contributed by atoms with Crippen LogP contribution in [0.5, 0.6) is 0 Å². The van der Waals surface area contributed by atoms with Crippen LogP contribution in [0, 0.1) is 12.8 Å². The number of nitrogens with zero attached hydrogens (tertiary/aromatic N) is 2. The molecule has 0 aromatic carbocycles. The standard InChI is InChI=1S/C14H23N3S/c1-4-12-16-13(15)10(3)14(17-12)18-11-7-5-6-9(2)8-11/h9,11H,4-8H2,1-3H3,(H2,15,16,17). The SMILES string of the molecule is CCc1nc(N)c(C)c(SC2CCCC(C)C2)n1.